The van der Waals surface area contributed by atoms with Gasteiger partial charge in [-0.2, -0.15) is 84.9 Å². The maximum atomic E-state index is 3.09. The van der Waals surface area contributed by atoms with Gasteiger partial charge >= 0.3 is 21.7 Å². The Labute approximate surface area is 192 Å². The summed E-state index contributed by atoms with van der Waals surface area (Å²) in [5, 5.41) is 0. The number of rotatable bonds is 2. The second kappa shape index (κ2) is 17.5. The molecule has 0 bridgehead atoms. The van der Waals surface area contributed by atoms with E-state index >= 15 is 0 Å². The van der Waals surface area contributed by atoms with E-state index in [4.69, 9.17) is 0 Å². The van der Waals surface area contributed by atoms with Crippen LogP contribution in [0.25, 0.3) is 0 Å². The van der Waals surface area contributed by atoms with E-state index in [1.807, 2.05) is 147 Å². The molecule has 4 rings (SSSR count). The molecule has 4 aromatic carbocycles. The van der Waals surface area contributed by atoms with Gasteiger partial charge in [0.05, 0.1) is 0 Å². The normalized spacial score (nSPS) is 8.41. The molecular formula is C26H30N2Ti. The predicted molar refractivity (Wildman–Crippen MR) is 123 cm³/mol. The third kappa shape index (κ3) is 14.2. The van der Waals surface area contributed by atoms with Gasteiger partial charge in [0.2, 0.25) is 0 Å². The van der Waals surface area contributed by atoms with Gasteiger partial charge in [0.1, 0.15) is 0 Å². The first-order valence-electron chi connectivity index (χ1n) is 9.22. The molecule has 3 heteroatoms. The smallest absolute Gasteiger partial charge is 0.400 e. The summed E-state index contributed by atoms with van der Waals surface area (Å²) in [4.78, 5) is 4.06. The van der Waals surface area contributed by atoms with Crippen molar-refractivity contribution in [2.75, 3.05) is 38.0 Å². The molecule has 0 spiro atoms. The summed E-state index contributed by atoms with van der Waals surface area (Å²) in [6.07, 6.45) is 0. The zero-order valence-corrected chi connectivity index (χ0v) is 19.3. The van der Waals surface area contributed by atoms with Crippen molar-refractivity contribution in [2.24, 2.45) is 0 Å². The van der Waals surface area contributed by atoms with Gasteiger partial charge in [-0.25, -0.2) is 24.3 Å². The Bertz CT molecular complexity index is 658. The molecule has 0 N–H and O–H groups in total. The molecule has 0 amide bonds. The number of benzene rings is 2. The van der Waals surface area contributed by atoms with Crippen LogP contribution in [0.15, 0.2) is 109 Å². The molecule has 148 valence electrons. The second-order valence-corrected chi connectivity index (χ2v) is 6.21. The first kappa shape index (κ1) is 26.5. The molecule has 0 aromatic heterocycles. The predicted octanol–water partition coefficient (Wildman–Crippen LogP) is 5.91. The maximum Gasteiger partial charge on any atom is 4.00 e. The van der Waals surface area contributed by atoms with E-state index in [0.29, 0.717) is 0 Å². The molecule has 4 aromatic rings. The van der Waals surface area contributed by atoms with Crippen LogP contribution in [0.3, 0.4) is 0 Å². The van der Waals surface area contributed by atoms with Crippen molar-refractivity contribution in [3.8, 4) is 0 Å². The van der Waals surface area contributed by atoms with E-state index in [9.17, 15) is 0 Å². The number of nitrogens with zero attached hydrogens (tertiary/aromatic N) is 2. The summed E-state index contributed by atoms with van der Waals surface area (Å²) in [7, 11) is 8.02. The van der Waals surface area contributed by atoms with Crippen molar-refractivity contribution in [3.63, 3.8) is 0 Å². The van der Waals surface area contributed by atoms with Crippen LogP contribution in [0.2, 0.25) is 0 Å². The topological polar surface area (TPSA) is 6.48 Å². The number of para-hydroxylation sites is 2. The van der Waals surface area contributed by atoms with Gasteiger partial charge in [0.15, 0.2) is 0 Å². The number of anilines is 2. The average molecular weight is 418 g/mol. The SMILES string of the molecule is CN(C)c1[c-]cccc1.CN(C)c1[c-]cccc1.[Ti+4].c1cc[cH-]c1.c1cc[cH-]c1. The van der Waals surface area contributed by atoms with Gasteiger partial charge in [0.25, 0.3) is 0 Å². The summed E-state index contributed by atoms with van der Waals surface area (Å²) in [6.45, 7) is 0. The van der Waals surface area contributed by atoms with Crippen LogP contribution < -0.4 is 9.80 Å². The molecule has 29 heavy (non-hydrogen) atoms. The number of hydrogen-bond donors (Lipinski definition) is 0. The molecule has 2 nitrogen and oxygen atoms in total. The second-order valence-electron chi connectivity index (χ2n) is 6.21. The Morgan fingerprint density at radius 1 is 0.552 bits per heavy atom. The summed E-state index contributed by atoms with van der Waals surface area (Å²) < 4.78 is 0. The molecule has 0 saturated heterocycles. The molecule has 0 saturated carbocycles. The Kier molecular flexibility index (Phi) is 16.0. The summed E-state index contributed by atoms with van der Waals surface area (Å²) >= 11 is 0. The Morgan fingerprint density at radius 3 is 1.03 bits per heavy atom. The summed E-state index contributed by atoms with van der Waals surface area (Å²) in [5.41, 5.74) is 2.25. The molecule has 0 unspecified atom stereocenters. The van der Waals surface area contributed by atoms with Gasteiger partial charge in [-0.05, 0) is 0 Å². The number of hydrogen-bond acceptors (Lipinski definition) is 2. The monoisotopic (exact) mass is 418 g/mol. The van der Waals surface area contributed by atoms with Crippen molar-refractivity contribution in [1.29, 1.82) is 0 Å². The zero-order chi connectivity index (χ0) is 20.5. The molecule has 0 aliphatic heterocycles. The van der Waals surface area contributed by atoms with Crippen LogP contribution in [0.1, 0.15) is 0 Å². The Balaban J connectivity index is 0.000000369. The van der Waals surface area contributed by atoms with Crippen molar-refractivity contribution in [2.45, 2.75) is 0 Å². The molecule has 0 aliphatic rings. The van der Waals surface area contributed by atoms with Crippen molar-refractivity contribution < 1.29 is 21.7 Å². The third-order valence-corrected chi connectivity index (χ3v) is 3.46. The quantitative estimate of drug-likeness (QED) is 0.295. The minimum atomic E-state index is 0. The van der Waals surface area contributed by atoms with Crippen LogP contribution in [0.5, 0.6) is 0 Å². The fourth-order valence-corrected chi connectivity index (χ4v) is 1.97. The van der Waals surface area contributed by atoms with Gasteiger partial charge in [-0.1, -0.05) is 11.4 Å². The van der Waals surface area contributed by atoms with Crippen LogP contribution in [-0.4, -0.2) is 28.2 Å². The molecule has 0 heterocycles. The van der Waals surface area contributed by atoms with Crippen molar-refractivity contribution >= 4 is 11.4 Å². The van der Waals surface area contributed by atoms with E-state index in [1.165, 1.54) is 0 Å². The average Bonchev–Trinajstić information content (AvgIpc) is 3.48. The van der Waals surface area contributed by atoms with Gasteiger partial charge < -0.3 is 9.80 Å². The fraction of sp³-hybridized carbons (Fsp3) is 0.154. The minimum Gasteiger partial charge on any atom is -0.400 e. The van der Waals surface area contributed by atoms with Crippen molar-refractivity contribution in [1.82, 2.24) is 0 Å². The van der Waals surface area contributed by atoms with Crippen LogP contribution in [-0.2, 0) is 21.7 Å². The van der Waals surface area contributed by atoms with Crippen LogP contribution in [0, 0.1) is 12.1 Å². The summed E-state index contributed by atoms with van der Waals surface area (Å²) in [6, 6.07) is 42.0. The summed E-state index contributed by atoms with van der Waals surface area (Å²) in [5.74, 6) is 0. The zero-order valence-electron chi connectivity index (χ0n) is 17.8. The van der Waals surface area contributed by atoms with E-state index in [-0.39, 0.29) is 21.7 Å². The Morgan fingerprint density at radius 2 is 0.897 bits per heavy atom. The molecule has 0 atom stereocenters. The largest absolute Gasteiger partial charge is 4.00 e. The molecule has 0 aliphatic carbocycles. The standard InChI is InChI=1S/2C8H10N.2C5H5.Ti/c2*1-9(2)8-6-4-3-5-7-8;2*1-2-4-5-3-1;/h2*3-6H,1-2H3;2*1-5H;/q4*-1;+4. The first-order chi connectivity index (χ1) is 13.6. The third-order valence-electron chi connectivity index (χ3n) is 3.46. The van der Waals surface area contributed by atoms with Gasteiger partial charge in [-0.3, -0.25) is 0 Å². The van der Waals surface area contributed by atoms with Crippen molar-refractivity contribution in [3.05, 3.63) is 121 Å². The van der Waals surface area contributed by atoms with E-state index in [0.717, 1.165) is 11.4 Å². The maximum absolute atomic E-state index is 3.09. The molecule has 0 fully saturated rings. The molecule has 0 radical (unpaired) electrons. The van der Waals surface area contributed by atoms with Gasteiger partial charge in [0, 0.05) is 28.2 Å². The van der Waals surface area contributed by atoms with Gasteiger partial charge in [-0.15, -0.1) is 12.1 Å². The van der Waals surface area contributed by atoms with E-state index in [1.54, 1.807) is 0 Å². The van der Waals surface area contributed by atoms with E-state index < -0.39 is 0 Å². The molecular weight excluding hydrogens is 388 g/mol. The fourth-order valence-electron chi connectivity index (χ4n) is 1.97. The van der Waals surface area contributed by atoms with E-state index in [2.05, 4.69) is 12.1 Å². The minimum absolute atomic E-state index is 0. The first-order valence-corrected chi connectivity index (χ1v) is 9.22. The van der Waals surface area contributed by atoms with Crippen LogP contribution in [0.4, 0.5) is 11.4 Å². The van der Waals surface area contributed by atoms with Crippen LogP contribution >= 0.6 is 0 Å². The Hall–Kier alpha value is -2.55.